The summed E-state index contributed by atoms with van der Waals surface area (Å²) in [4.78, 5) is 27.9. The van der Waals surface area contributed by atoms with Crippen LogP contribution in [0.5, 0.6) is 0 Å². The number of benzene rings is 1. The Morgan fingerprint density at radius 2 is 2.12 bits per heavy atom. The number of hydrazone groups is 1. The number of anilines is 1. The number of hydrogen-bond acceptors (Lipinski definition) is 5. The Labute approximate surface area is 145 Å². The second-order valence-electron chi connectivity index (χ2n) is 6.22. The summed E-state index contributed by atoms with van der Waals surface area (Å²) in [5.74, 6) is -0.824. The van der Waals surface area contributed by atoms with Crippen LogP contribution in [0, 0.1) is 6.92 Å². The van der Waals surface area contributed by atoms with Gasteiger partial charge in [0.05, 0.1) is 5.69 Å². The van der Waals surface area contributed by atoms with Gasteiger partial charge in [-0.15, -0.1) is 0 Å². The second kappa shape index (κ2) is 6.51. The van der Waals surface area contributed by atoms with Crippen LogP contribution in [-0.2, 0) is 0 Å². The van der Waals surface area contributed by atoms with Crippen LogP contribution >= 0.6 is 0 Å². The van der Waals surface area contributed by atoms with Crippen LogP contribution in [0.1, 0.15) is 47.6 Å². The summed E-state index contributed by atoms with van der Waals surface area (Å²) < 4.78 is 1.44. The average Bonchev–Trinajstić information content (AvgIpc) is 2.57. The fourth-order valence-electron chi connectivity index (χ4n) is 3.08. The molecule has 0 radical (unpaired) electrons. The van der Waals surface area contributed by atoms with Gasteiger partial charge in [0, 0.05) is 19.3 Å². The van der Waals surface area contributed by atoms with Crippen LogP contribution in [0.3, 0.4) is 0 Å². The first-order chi connectivity index (χ1) is 11.9. The van der Waals surface area contributed by atoms with Crippen molar-refractivity contribution in [2.45, 2.75) is 32.7 Å². The fourth-order valence-corrected chi connectivity index (χ4v) is 3.08. The summed E-state index contributed by atoms with van der Waals surface area (Å²) >= 11 is 0. The fraction of sp³-hybridized carbons (Fsp3) is 0.333. The van der Waals surface area contributed by atoms with E-state index in [4.69, 9.17) is 5.11 Å². The van der Waals surface area contributed by atoms with Crippen molar-refractivity contribution in [1.82, 2.24) is 9.55 Å². The number of aromatic carboxylic acids is 1. The van der Waals surface area contributed by atoms with Crippen LogP contribution in [0.25, 0.3) is 0 Å². The molecule has 2 heterocycles. The third-order valence-electron chi connectivity index (χ3n) is 4.46. The zero-order valence-electron chi connectivity index (χ0n) is 14.4. The van der Waals surface area contributed by atoms with Gasteiger partial charge in [0.2, 0.25) is 0 Å². The largest absolute Gasteiger partial charge is 0.477 e. The maximum absolute atomic E-state index is 12.5. The highest BCUT2D eigenvalue weighted by Crippen LogP contribution is 2.24. The van der Waals surface area contributed by atoms with Crippen LogP contribution in [0.2, 0.25) is 0 Å². The molecule has 1 aromatic carbocycles. The third kappa shape index (κ3) is 3.05. The normalized spacial score (nSPS) is 18.0. The lowest BCUT2D eigenvalue weighted by Gasteiger charge is -2.26. The molecular weight excluding hydrogens is 320 g/mol. The van der Waals surface area contributed by atoms with E-state index in [1.807, 2.05) is 45.2 Å². The van der Waals surface area contributed by atoms with E-state index in [2.05, 4.69) is 10.1 Å². The van der Waals surface area contributed by atoms with Crippen LogP contribution in [0.4, 0.5) is 5.69 Å². The molecule has 0 fully saturated rings. The smallest absolute Gasteiger partial charge is 0.342 e. The lowest BCUT2D eigenvalue weighted by atomic mass is 10.0. The van der Waals surface area contributed by atoms with Crippen LogP contribution in [0.15, 0.2) is 40.4 Å². The third-order valence-corrected chi connectivity index (χ3v) is 4.46. The monoisotopic (exact) mass is 340 g/mol. The molecule has 1 aromatic heterocycles. The number of carbonyl (C=O) groups is 1. The molecule has 7 nitrogen and oxygen atoms in total. The van der Waals surface area contributed by atoms with Crippen molar-refractivity contribution < 1.29 is 9.90 Å². The Morgan fingerprint density at radius 3 is 2.80 bits per heavy atom. The molecule has 0 aliphatic carbocycles. The van der Waals surface area contributed by atoms with Gasteiger partial charge in [-0.3, -0.25) is 14.4 Å². The van der Waals surface area contributed by atoms with Gasteiger partial charge in [0.15, 0.2) is 5.82 Å². The average molecular weight is 340 g/mol. The van der Waals surface area contributed by atoms with Crippen molar-refractivity contribution in [3.63, 3.8) is 0 Å². The summed E-state index contributed by atoms with van der Waals surface area (Å²) in [7, 11) is 1.85. The van der Waals surface area contributed by atoms with Crippen molar-refractivity contribution >= 4 is 17.4 Å². The highest BCUT2D eigenvalue weighted by atomic mass is 16.4. The van der Waals surface area contributed by atoms with Gasteiger partial charge < -0.3 is 5.11 Å². The Hall–Kier alpha value is -2.96. The van der Waals surface area contributed by atoms with Crippen molar-refractivity contribution in [3.8, 4) is 0 Å². The first-order valence-corrected chi connectivity index (χ1v) is 8.12. The van der Waals surface area contributed by atoms with Crippen molar-refractivity contribution in [2.75, 3.05) is 12.1 Å². The summed E-state index contributed by atoms with van der Waals surface area (Å²) in [5.41, 5.74) is 1.88. The van der Waals surface area contributed by atoms with Crippen LogP contribution < -0.4 is 10.6 Å². The lowest BCUT2D eigenvalue weighted by Crippen LogP contribution is -2.37. The number of aromatic nitrogens is 2. The zero-order chi connectivity index (χ0) is 18.1. The Kier molecular flexibility index (Phi) is 4.39. The molecule has 0 saturated heterocycles. The van der Waals surface area contributed by atoms with Gasteiger partial charge in [-0.05, 0) is 38.3 Å². The maximum atomic E-state index is 12.5. The van der Waals surface area contributed by atoms with Crippen molar-refractivity contribution in [2.24, 2.45) is 5.10 Å². The summed E-state index contributed by atoms with van der Waals surface area (Å²) in [6.45, 7) is 3.89. The maximum Gasteiger partial charge on any atom is 0.342 e. The van der Waals surface area contributed by atoms with Crippen molar-refractivity contribution in [1.29, 1.82) is 0 Å². The standard InChI is InChI=1S/C18H20N4O3/c1-11-6-4-5-7-15(11)21(3)20-14-9-8-12(2)22-16(14)19-10-13(17(22)23)18(24)25/h4-7,10,12H,8-9H2,1-3H3,(H,24,25). The number of para-hydroxylation sites is 1. The molecule has 25 heavy (non-hydrogen) atoms. The van der Waals surface area contributed by atoms with Gasteiger partial charge in [0.25, 0.3) is 5.56 Å². The predicted molar refractivity (Wildman–Crippen MR) is 95.5 cm³/mol. The zero-order valence-corrected chi connectivity index (χ0v) is 14.4. The lowest BCUT2D eigenvalue weighted by molar-refractivity contribution is 0.0693. The number of carboxylic acid groups (broad SMARTS) is 1. The van der Waals surface area contributed by atoms with E-state index < -0.39 is 11.5 Å². The molecule has 1 unspecified atom stereocenters. The highest BCUT2D eigenvalue weighted by molar-refractivity contribution is 5.99. The molecule has 2 aromatic rings. The Bertz CT molecular complexity index is 917. The van der Waals surface area contributed by atoms with Gasteiger partial charge in [-0.2, -0.15) is 5.10 Å². The van der Waals surface area contributed by atoms with Gasteiger partial charge in [-0.25, -0.2) is 9.78 Å². The number of aryl methyl sites for hydroxylation is 1. The van der Waals surface area contributed by atoms with E-state index in [9.17, 15) is 9.59 Å². The molecule has 1 aliphatic heterocycles. The molecule has 0 saturated carbocycles. The molecule has 1 N–H and O–H groups in total. The number of hydrogen-bond donors (Lipinski definition) is 1. The van der Waals surface area contributed by atoms with Crippen LogP contribution in [-0.4, -0.2) is 33.4 Å². The number of nitrogens with zero attached hydrogens (tertiary/aromatic N) is 4. The predicted octanol–water partition coefficient (Wildman–Crippen LogP) is 2.45. The molecule has 1 aliphatic rings. The highest BCUT2D eigenvalue weighted by Gasteiger charge is 2.26. The van der Waals surface area contributed by atoms with Gasteiger partial charge in [-0.1, -0.05) is 18.2 Å². The molecule has 0 bridgehead atoms. The SMILES string of the molecule is Cc1ccccc1N(C)N=C1CCC(C)n2c1ncc(C(=O)O)c2=O. The summed E-state index contributed by atoms with van der Waals surface area (Å²) in [6.07, 6.45) is 2.51. The Morgan fingerprint density at radius 1 is 1.40 bits per heavy atom. The molecule has 0 amide bonds. The summed E-state index contributed by atoms with van der Waals surface area (Å²) in [6, 6.07) is 7.77. The van der Waals surface area contributed by atoms with E-state index >= 15 is 0 Å². The van der Waals surface area contributed by atoms with E-state index in [1.54, 1.807) is 5.01 Å². The molecule has 3 rings (SSSR count). The topological polar surface area (TPSA) is 87.8 Å². The molecule has 7 heteroatoms. The van der Waals surface area contributed by atoms with Crippen molar-refractivity contribution in [3.05, 3.63) is 57.8 Å². The van der Waals surface area contributed by atoms with E-state index in [1.165, 1.54) is 4.57 Å². The minimum Gasteiger partial charge on any atom is -0.477 e. The quantitative estimate of drug-likeness (QED) is 0.867. The first kappa shape index (κ1) is 16.9. The Balaban J connectivity index is 2.08. The minimum atomic E-state index is -1.26. The van der Waals surface area contributed by atoms with Gasteiger partial charge >= 0.3 is 5.97 Å². The number of rotatable bonds is 3. The molecule has 0 spiro atoms. The van der Waals surface area contributed by atoms with E-state index in [-0.39, 0.29) is 11.6 Å². The molecule has 1 atom stereocenters. The molecular formula is C18H20N4O3. The molecule has 130 valence electrons. The van der Waals surface area contributed by atoms with Gasteiger partial charge in [0.1, 0.15) is 11.3 Å². The minimum absolute atomic E-state index is 0.114. The number of fused-ring (bicyclic) bond motifs is 1. The number of carboxylic acids is 1. The van der Waals surface area contributed by atoms with E-state index in [0.717, 1.165) is 17.4 Å². The second-order valence-corrected chi connectivity index (χ2v) is 6.22. The summed E-state index contributed by atoms with van der Waals surface area (Å²) in [5, 5.41) is 15.6. The van der Waals surface area contributed by atoms with E-state index in [0.29, 0.717) is 24.4 Å². The first-order valence-electron chi connectivity index (χ1n) is 8.12.